The molecule has 0 aliphatic heterocycles. The Bertz CT molecular complexity index is 631. The van der Waals surface area contributed by atoms with Crippen LogP contribution in [0.5, 0.6) is 0 Å². The molecule has 2 aromatic carbocycles. The van der Waals surface area contributed by atoms with Gasteiger partial charge in [-0.25, -0.2) is 0 Å². The monoisotopic (exact) mass is 237 g/mol. The fraction of sp³-hybridized carbons (Fsp3) is 0.0625. The molecule has 18 heavy (non-hydrogen) atoms. The molecule has 0 heterocycles. The molecule has 0 radical (unpaired) electrons. The normalized spacial score (nSPS) is 12.2. The van der Waals surface area contributed by atoms with Crippen molar-refractivity contribution in [2.24, 2.45) is 0 Å². The zero-order chi connectivity index (χ0) is 13.0. The van der Waals surface area contributed by atoms with E-state index in [1.807, 2.05) is 36.4 Å². The van der Waals surface area contributed by atoms with Crippen LogP contribution in [0.1, 0.15) is 12.5 Å². The molecule has 2 nitrogen and oxygen atoms in total. The van der Waals surface area contributed by atoms with E-state index in [1.54, 1.807) is 13.0 Å². The van der Waals surface area contributed by atoms with Gasteiger partial charge in [0.1, 0.15) is 0 Å². The molecule has 0 N–H and O–H groups in total. The highest BCUT2D eigenvalue weighted by atomic mass is 16.4. The first kappa shape index (κ1) is 12.1. The fourth-order valence-electron chi connectivity index (χ4n) is 1.85. The zero-order valence-corrected chi connectivity index (χ0v) is 10.1. The molecule has 90 valence electrons. The zero-order valence-electron chi connectivity index (χ0n) is 10.1. The third kappa shape index (κ3) is 2.86. The Labute approximate surface area is 106 Å². The second kappa shape index (κ2) is 5.32. The third-order valence-corrected chi connectivity index (χ3v) is 2.69. The van der Waals surface area contributed by atoms with Crippen LogP contribution < -0.4 is 5.11 Å². The molecule has 0 aliphatic rings. The first-order chi connectivity index (χ1) is 8.66. The summed E-state index contributed by atoms with van der Waals surface area (Å²) in [5, 5.41) is 12.7. The van der Waals surface area contributed by atoms with E-state index in [2.05, 4.69) is 12.1 Å². The minimum absolute atomic E-state index is 0.655. The molecule has 0 spiro atoms. The fourth-order valence-corrected chi connectivity index (χ4v) is 1.85. The van der Waals surface area contributed by atoms with Crippen LogP contribution in [-0.4, -0.2) is 5.97 Å². The maximum atomic E-state index is 10.4. The van der Waals surface area contributed by atoms with Crippen molar-refractivity contribution in [3.63, 3.8) is 0 Å². The Kier molecular flexibility index (Phi) is 3.58. The lowest BCUT2D eigenvalue weighted by Gasteiger charge is -2.02. The van der Waals surface area contributed by atoms with Crippen LogP contribution in [0.2, 0.25) is 0 Å². The minimum atomic E-state index is -1.17. The average Bonchev–Trinajstić information content (AvgIpc) is 2.35. The van der Waals surface area contributed by atoms with E-state index < -0.39 is 5.97 Å². The number of fused-ring (bicyclic) bond motifs is 1. The highest BCUT2D eigenvalue weighted by Crippen LogP contribution is 2.20. The SMILES string of the molecule is CC(C=Cc1cccc2ccccc12)=CC(=O)[O-]. The van der Waals surface area contributed by atoms with Gasteiger partial charge in [0.25, 0.3) is 0 Å². The van der Waals surface area contributed by atoms with E-state index in [9.17, 15) is 9.90 Å². The molecular formula is C16H13O2-. The molecule has 0 bridgehead atoms. The van der Waals surface area contributed by atoms with Gasteiger partial charge in [-0.2, -0.15) is 0 Å². The van der Waals surface area contributed by atoms with Gasteiger partial charge in [-0.3, -0.25) is 0 Å². The molecule has 2 rings (SSSR count). The summed E-state index contributed by atoms with van der Waals surface area (Å²) < 4.78 is 0. The van der Waals surface area contributed by atoms with Crippen LogP contribution in [0, 0.1) is 0 Å². The first-order valence-electron chi connectivity index (χ1n) is 5.72. The third-order valence-electron chi connectivity index (χ3n) is 2.69. The standard InChI is InChI=1S/C16H14O2/c1-12(11-16(17)18)9-10-14-7-4-6-13-5-2-3-8-15(13)14/h2-11H,1H3,(H,17,18)/p-1. The summed E-state index contributed by atoms with van der Waals surface area (Å²) in [6, 6.07) is 14.1. The van der Waals surface area contributed by atoms with Gasteiger partial charge < -0.3 is 9.90 Å². The largest absolute Gasteiger partial charge is 0.545 e. The molecule has 0 unspecified atom stereocenters. The van der Waals surface area contributed by atoms with Gasteiger partial charge in [0, 0.05) is 0 Å². The van der Waals surface area contributed by atoms with Gasteiger partial charge in [0.15, 0.2) is 0 Å². The van der Waals surface area contributed by atoms with Gasteiger partial charge in [0.2, 0.25) is 0 Å². The lowest BCUT2D eigenvalue weighted by Crippen LogP contribution is -2.19. The maximum absolute atomic E-state index is 10.4. The number of aliphatic carboxylic acids is 1. The molecule has 0 aromatic heterocycles. The number of carboxylic acid groups (broad SMARTS) is 1. The molecular weight excluding hydrogens is 224 g/mol. The minimum Gasteiger partial charge on any atom is -0.545 e. The molecule has 2 heteroatoms. The second-order valence-electron chi connectivity index (χ2n) is 4.11. The number of carbonyl (C=O) groups excluding carboxylic acids is 1. The van der Waals surface area contributed by atoms with Crippen LogP contribution in [0.25, 0.3) is 16.8 Å². The summed E-state index contributed by atoms with van der Waals surface area (Å²) in [6.07, 6.45) is 4.77. The van der Waals surface area contributed by atoms with Gasteiger partial charge in [-0.1, -0.05) is 54.6 Å². The average molecular weight is 237 g/mol. The molecule has 0 saturated heterocycles. The van der Waals surface area contributed by atoms with Crippen molar-refractivity contribution >= 4 is 22.8 Å². The number of carboxylic acids is 1. The smallest absolute Gasteiger partial charge is 0.0645 e. The van der Waals surface area contributed by atoms with E-state index >= 15 is 0 Å². The van der Waals surface area contributed by atoms with Crippen LogP contribution in [0.4, 0.5) is 0 Å². The molecule has 0 saturated carbocycles. The van der Waals surface area contributed by atoms with Crippen molar-refractivity contribution in [3.8, 4) is 0 Å². The molecule has 0 aliphatic carbocycles. The lowest BCUT2D eigenvalue weighted by molar-refractivity contribution is -0.297. The van der Waals surface area contributed by atoms with Gasteiger partial charge in [-0.05, 0) is 34.9 Å². The number of carbonyl (C=O) groups is 1. The summed E-state index contributed by atoms with van der Waals surface area (Å²) in [7, 11) is 0. The van der Waals surface area contributed by atoms with Crippen molar-refractivity contribution in [2.45, 2.75) is 6.92 Å². The molecule has 2 aromatic rings. The Morgan fingerprint density at radius 1 is 1.11 bits per heavy atom. The van der Waals surface area contributed by atoms with Gasteiger partial charge in [0.05, 0.1) is 5.97 Å². The maximum Gasteiger partial charge on any atom is 0.0645 e. The number of benzene rings is 2. The van der Waals surface area contributed by atoms with E-state index in [-0.39, 0.29) is 0 Å². The quantitative estimate of drug-likeness (QED) is 0.608. The number of rotatable bonds is 3. The van der Waals surface area contributed by atoms with Crippen LogP contribution in [0.3, 0.4) is 0 Å². The molecule has 0 amide bonds. The van der Waals surface area contributed by atoms with E-state index in [1.165, 1.54) is 5.39 Å². The summed E-state index contributed by atoms with van der Waals surface area (Å²) >= 11 is 0. The first-order valence-corrected chi connectivity index (χ1v) is 5.72. The van der Waals surface area contributed by atoms with E-state index in [0.29, 0.717) is 5.57 Å². The molecule has 0 fully saturated rings. The Morgan fingerprint density at radius 3 is 2.61 bits per heavy atom. The van der Waals surface area contributed by atoms with Crippen molar-refractivity contribution in [2.75, 3.05) is 0 Å². The summed E-state index contributed by atoms with van der Waals surface area (Å²) in [5.41, 5.74) is 1.72. The van der Waals surface area contributed by atoms with Crippen molar-refractivity contribution < 1.29 is 9.90 Å². The number of hydrogen-bond acceptors (Lipinski definition) is 2. The van der Waals surface area contributed by atoms with Crippen LogP contribution in [-0.2, 0) is 4.79 Å². The van der Waals surface area contributed by atoms with Crippen molar-refractivity contribution in [1.82, 2.24) is 0 Å². The topological polar surface area (TPSA) is 40.1 Å². The Balaban J connectivity index is 2.38. The number of allylic oxidation sites excluding steroid dienone is 2. The highest BCUT2D eigenvalue weighted by molar-refractivity contribution is 5.91. The Morgan fingerprint density at radius 2 is 1.83 bits per heavy atom. The summed E-state index contributed by atoms with van der Waals surface area (Å²) in [5.74, 6) is -1.17. The Hall–Kier alpha value is -2.35. The van der Waals surface area contributed by atoms with Crippen molar-refractivity contribution in [3.05, 3.63) is 65.8 Å². The van der Waals surface area contributed by atoms with Crippen molar-refractivity contribution in [1.29, 1.82) is 0 Å². The van der Waals surface area contributed by atoms with Crippen LogP contribution in [0.15, 0.2) is 60.2 Å². The highest BCUT2D eigenvalue weighted by Gasteiger charge is 1.95. The molecule has 0 atom stereocenters. The van der Waals surface area contributed by atoms with Gasteiger partial charge in [-0.15, -0.1) is 0 Å². The van der Waals surface area contributed by atoms with Crippen LogP contribution >= 0.6 is 0 Å². The summed E-state index contributed by atoms with van der Waals surface area (Å²) in [6.45, 7) is 1.73. The lowest BCUT2D eigenvalue weighted by atomic mass is 10.0. The van der Waals surface area contributed by atoms with Gasteiger partial charge >= 0.3 is 0 Å². The van der Waals surface area contributed by atoms with E-state index in [0.717, 1.165) is 17.0 Å². The second-order valence-corrected chi connectivity index (χ2v) is 4.11. The van der Waals surface area contributed by atoms with E-state index in [4.69, 9.17) is 0 Å². The predicted molar refractivity (Wildman–Crippen MR) is 71.7 cm³/mol. The summed E-state index contributed by atoms with van der Waals surface area (Å²) in [4.78, 5) is 10.4. The number of hydrogen-bond donors (Lipinski definition) is 0. The predicted octanol–water partition coefficient (Wildman–Crippen LogP) is 2.55.